The lowest BCUT2D eigenvalue weighted by atomic mass is 10.4. The van der Waals surface area contributed by atoms with Gasteiger partial charge in [-0.1, -0.05) is 36.4 Å². The van der Waals surface area contributed by atoms with Crippen molar-refractivity contribution in [3.05, 3.63) is 60.7 Å². The molecule has 1 saturated carbocycles. The molecular weight excluding hydrogens is 336 g/mol. The summed E-state index contributed by atoms with van der Waals surface area (Å²) in [6, 6.07) is 15.1. The van der Waals surface area contributed by atoms with Crippen molar-refractivity contribution in [2.75, 3.05) is 0 Å². The summed E-state index contributed by atoms with van der Waals surface area (Å²) in [7, 11) is -7.27. The summed E-state index contributed by atoms with van der Waals surface area (Å²) in [6.07, 6.45) is 0.429. The van der Waals surface area contributed by atoms with E-state index in [0.717, 1.165) is 0 Å². The van der Waals surface area contributed by atoms with E-state index in [2.05, 4.69) is 9.44 Å². The first kappa shape index (κ1) is 16.1. The average molecular weight is 352 g/mol. The van der Waals surface area contributed by atoms with Gasteiger partial charge >= 0.3 is 0 Å². The van der Waals surface area contributed by atoms with Gasteiger partial charge in [0.2, 0.25) is 20.0 Å². The standard InChI is InChI=1S/C15H16N2O4S2/c18-22(19,12-7-3-1-4-8-12)16-14-11-15(14)17-23(20,21)13-9-5-2-6-10-13/h1-10,14-17H,11H2. The maximum atomic E-state index is 12.2. The van der Waals surface area contributed by atoms with Crippen LogP contribution in [0.1, 0.15) is 6.42 Å². The first-order valence-corrected chi connectivity index (χ1v) is 10.00. The highest BCUT2D eigenvalue weighted by Crippen LogP contribution is 2.26. The third-order valence-electron chi connectivity index (χ3n) is 3.51. The monoisotopic (exact) mass is 352 g/mol. The molecule has 6 nitrogen and oxygen atoms in total. The molecule has 23 heavy (non-hydrogen) atoms. The molecular formula is C15H16N2O4S2. The van der Waals surface area contributed by atoms with Gasteiger partial charge in [0.15, 0.2) is 0 Å². The zero-order valence-corrected chi connectivity index (χ0v) is 13.7. The van der Waals surface area contributed by atoms with Crippen LogP contribution in [0.25, 0.3) is 0 Å². The second-order valence-corrected chi connectivity index (χ2v) is 8.75. The predicted octanol–water partition coefficient (Wildman–Crippen LogP) is 1.08. The van der Waals surface area contributed by atoms with Gasteiger partial charge in [-0.25, -0.2) is 26.3 Å². The molecule has 2 aromatic carbocycles. The van der Waals surface area contributed by atoms with Gasteiger partial charge in [-0.2, -0.15) is 0 Å². The maximum Gasteiger partial charge on any atom is 0.240 e. The second kappa shape index (κ2) is 6.04. The van der Waals surface area contributed by atoms with Crippen molar-refractivity contribution in [1.29, 1.82) is 0 Å². The first-order valence-electron chi connectivity index (χ1n) is 7.03. The van der Waals surface area contributed by atoms with Gasteiger partial charge in [-0.3, -0.25) is 0 Å². The smallest absolute Gasteiger partial charge is 0.207 e. The van der Waals surface area contributed by atoms with Crippen LogP contribution >= 0.6 is 0 Å². The Bertz CT molecular complexity index is 806. The Kier molecular flexibility index (Phi) is 4.24. The van der Waals surface area contributed by atoms with E-state index in [1.54, 1.807) is 36.4 Å². The number of hydrogen-bond donors (Lipinski definition) is 2. The molecule has 1 aliphatic carbocycles. The molecule has 0 aliphatic heterocycles. The Morgan fingerprint density at radius 3 is 1.35 bits per heavy atom. The van der Waals surface area contributed by atoms with E-state index in [-0.39, 0.29) is 9.79 Å². The molecule has 2 atom stereocenters. The Balaban J connectivity index is 1.65. The van der Waals surface area contributed by atoms with Gasteiger partial charge in [0.05, 0.1) is 9.79 Å². The Morgan fingerprint density at radius 2 is 1.00 bits per heavy atom. The van der Waals surface area contributed by atoms with E-state index in [9.17, 15) is 16.8 Å². The summed E-state index contributed by atoms with van der Waals surface area (Å²) < 4.78 is 53.7. The molecule has 0 saturated heterocycles. The maximum absolute atomic E-state index is 12.2. The third-order valence-corrected chi connectivity index (χ3v) is 6.52. The lowest BCUT2D eigenvalue weighted by molar-refractivity contribution is 0.569. The quantitative estimate of drug-likeness (QED) is 0.814. The highest BCUT2D eigenvalue weighted by molar-refractivity contribution is 7.90. The molecule has 122 valence electrons. The summed E-state index contributed by atoms with van der Waals surface area (Å²) in [5, 5.41) is 0. The van der Waals surface area contributed by atoms with Crippen LogP contribution in [0, 0.1) is 0 Å². The summed E-state index contributed by atoms with van der Waals surface area (Å²) in [5.74, 6) is 0. The molecule has 0 spiro atoms. The fourth-order valence-electron chi connectivity index (χ4n) is 2.19. The number of nitrogens with one attached hydrogen (secondary N) is 2. The van der Waals surface area contributed by atoms with Gasteiger partial charge in [-0.15, -0.1) is 0 Å². The van der Waals surface area contributed by atoms with Crippen molar-refractivity contribution in [1.82, 2.24) is 9.44 Å². The average Bonchev–Trinajstić information content (AvgIpc) is 3.25. The fourth-order valence-corrected chi connectivity index (χ4v) is 4.81. The van der Waals surface area contributed by atoms with E-state index >= 15 is 0 Å². The van der Waals surface area contributed by atoms with Gasteiger partial charge in [-0.05, 0) is 30.7 Å². The first-order chi connectivity index (χ1) is 10.9. The molecule has 1 aliphatic rings. The van der Waals surface area contributed by atoms with Crippen molar-refractivity contribution in [2.24, 2.45) is 0 Å². The molecule has 2 unspecified atom stereocenters. The van der Waals surface area contributed by atoms with Gasteiger partial charge in [0.1, 0.15) is 0 Å². The van der Waals surface area contributed by atoms with E-state index < -0.39 is 32.1 Å². The molecule has 0 aromatic heterocycles. The van der Waals surface area contributed by atoms with E-state index in [1.165, 1.54) is 24.3 Å². The van der Waals surface area contributed by atoms with Gasteiger partial charge < -0.3 is 0 Å². The Morgan fingerprint density at radius 1 is 0.652 bits per heavy atom. The molecule has 2 aromatic rings. The molecule has 2 N–H and O–H groups in total. The van der Waals surface area contributed by atoms with Crippen molar-refractivity contribution >= 4 is 20.0 Å². The van der Waals surface area contributed by atoms with Crippen LogP contribution in [-0.2, 0) is 20.0 Å². The molecule has 0 amide bonds. The largest absolute Gasteiger partial charge is 0.240 e. The third kappa shape index (κ3) is 3.78. The summed E-state index contributed by atoms with van der Waals surface area (Å²) >= 11 is 0. The van der Waals surface area contributed by atoms with E-state index in [0.29, 0.717) is 6.42 Å². The number of sulfonamides is 2. The predicted molar refractivity (Wildman–Crippen MR) is 85.7 cm³/mol. The zero-order valence-electron chi connectivity index (χ0n) is 12.1. The summed E-state index contributed by atoms with van der Waals surface area (Å²) in [5.41, 5.74) is 0. The minimum absolute atomic E-state index is 0.163. The lowest BCUT2D eigenvalue weighted by Crippen LogP contribution is -2.34. The lowest BCUT2D eigenvalue weighted by Gasteiger charge is -2.08. The van der Waals surface area contributed by atoms with Gasteiger partial charge in [0.25, 0.3) is 0 Å². The summed E-state index contributed by atoms with van der Waals surface area (Å²) in [6.45, 7) is 0. The Hall–Kier alpha value is -1.74. The topological polar surface area (TPSA) is 92.3 Å². The van der Waals surface area contributed by atoms with Crippen molar-refractivity contribution < 1.29 is 16.8 Å². The van der Waals surface area contributed by atoms with Crippen molar-refractivity contribution in [2.45, 2.75) is 28.3 Å². The molecule has 0 radical (unpaired) electrons. The van der Waals surface area contributed by atoms with E-state index in [1.807, 2.05) is 0 Å². The van der Waals surface area contributed by atoms with Crippen LogP contribution in [0.5, 0.6) is 0 Å². The van der Waals surface area contributed by atoms with Crippen LogP contribution < -0.4 is 9.44 Å². The molecule has 8 heteroatoms. The van der Waals surface area contributed by atoms with Crippen LogP contribution in [0.15, 0.2) is 70.5 Å². The SMILES string of the molecule is O=S(=O)(NC1CC1NS(=O)(=O)c1ccccc1)c1ccccc1. The minimum Gasteiger partial charge on any atom is -0.207 e. The summed E-state index contributed by atoms with van der Waals surface area (Å²) in [4.78, 5) is 0.327. The molecule has 0 heterocycles. The van der Waals surface area contributed by atoms with E-state index in [4.69, 9.17) is 0 Å². The zero-order chi connectivity index (χ0) is 16.5. The minimum atomic E-state index is -3.63. The number of hydrogen-bond acceptors (Lipinski definition) is 4. The van der Waals surface area contributed by atoms with Gasteiger partial charge in [0, 0.05) is 12.1 Å². The van der Waals surface area contributed by atoms with Crippen LogP contribution in [0.4, 0.5) is 0 Å². The second-order valence-electron chi connectivity index (χ2n) is 5.32. The van der Waals surface area contributed by atoms with Crippen LogP contribution in [-0.4, -0.2) is 28.9 Å². The Labute approximate surface area is 135 Å². The number of benzene rings is 2. The molecule has 0 bridgehead atoms. The highest BCUT2D eigenvalue weighted by atomic mass is 32.2. The van der Waals surface area contributed by atoms with Crippen LogP contribution in [0.3, 0.4) is 0 Å². The molecule has 3 rings (SSSR count). The molecule has 1 fully saturated rings. The highest BCUT2D eigenvalue weighted by Gasteiger charge is 2.43. The number of rotatable bonds is 6. The normalized spacial score (nSPS) is 21.0. The van der Waals surface area contributed by atoms with Crippen molar-refractivity contribution in [3.63, 3.8) is 0 Å². The van der Waals surface area contributed by atoms with Crippen LogP contribution in [0.2, 0.25) is 0 Å². The fraction of sp³-hybridized carbons (Fsp3) is 0.200. The van der Waals surface area contributed by atoms with Crippen molar-refractivity contribution in [3.8, 4) is 0 Å².